The van der Waals surface area contributed by atoms with Crippen molar-refractivity contribution in [2.24, 2.45) is 5.92 Å². The van der Waals surface area contributed by atoms with Crippen LogP contribution in [0.2, 0.25) is 0 Å². The lowest BCUT2D eigenvalue weighted by Gasteiger charge is -2.20. The van der Waals surface area contributed by atoms with E-state index in [0.29, 0.717) is 0 Å². The topological polar surface area (TPSA) is 15.3 Å². The van der Waals surface area contributed by atoms with Crippen LogP contribution in [0.4, 0.5) is 0 Å². The highest BCUT2D eigenvalue weighted by atomic mass is 32.2. The minimum absolute atomic E-state index is 0.819. The summed E-state index contributed by atoms with van der Waals surface area (Å²) in [5.41, 5.74) is 0. The van der Waals surface area contributed by atoms with Crippen LogP contribution < -0.4 is 5.32 Å². The van der Waals surface area contributed by atoms with E-state index in [1.165, 1.54) is 43.7 Å². The van der Waals surface area contributed by atoms with E-state index in [-0.39, 0.29) is 0 Å². The van der Waals surface area contributed by atoms with Gasteiger partial charge in [0.1, 0.15) is 0 Å². The zero-order valence-electron chi connectivity index (χ0n) is 11.2. The third-order valence-electron chi connectivity index (χ3n) is 3.44. The van der Waals surface area contributed by atoms with Gasteiger partial charge >= 0.3 is 0 Å². The molecule has 2 nitrogen and oxygen atoms in total. The van der Waals surface area contributed by atoms with Crippen molar-refractivity contribution < 1.29 is 0 Å². The van der Waals surface area contributed by atoms with E-state index in [0.717, 1.165) is 18.5 Å². The van der Waals surface area contributed by atoms with Gasteiger partial charge < -0.3 is 10.2 Å². The summed E-state index contributed by atoms with van der Waals surface area (Å²) in [7, 11) is 4.30. The van der Waals surface area contributed by atoms with E-state index in [2.05, 4.69) is 43.0 Å². The lowest BCUT2D eigenvalue weighted by atomic mass is 10.0. The Morgan fingerprint density at radius 1 is 1.25 bits per heavy atom. The van der Waals surface area contributed by atoms with Crippen LogP contribution in [0.5, 0.6) is 0 Å². The van der Waals surface area contributed by atoms with Gasteiger partial charge in [-0.25, -0.2) is 0 Å². The molecule has 2 atom stereocenters. The monoisotopic (exact) mass is 244 g/mol. The lowest BCUT2D eigenvalue weighted by molar-refractivity contribution is 0.400. The Morgan fingerprint density at radius 3 is 2.75 bits per heavy atom. The van der Waals surface area contributed by atoms with Gasteiger partial charge in [0.05, 0.1) is 0 Å². The molecular formula is C13H28N2S. The first-order valence-electron chi connectivity index (χ1n) is 6.70. The van der Waals surface area contributed by atoms with Gasteiger partial charge in [0, 0.05) is 18.3 Å². The fourth-order valence-electron chi connectivity index (χ4n) is 2.50. The number of rotatable bonds is 8. The van der Waals surface area contributed by atoms with E-state index < -0.39 is 0 Å². The summed E-state index contributed by atoms with van der Waals surface area (Å²) in [6.45, 7) is 4.57. The summed E-state index contributed by atoms with van der Waals surface area (Å²) < 4.78 is 0. The van der Waals surface area contributed by atoms with Gasteiger partial charge in [-0.15, -0.1) is 0 Å². The first-order chi connectivity index (χ1) is 7.74. The molecule has 0 bridgehead atoms. The lowest BCUT2D eigenvalue weighted by Crippen LogP contribution is -2.32. The Morgan fingerprint density at radius 2 is 2.06 bits per heavy atom. The predicted octanol–water partition coefficient (Wildman–Crippen LogP) is 2.45. The molecule has 0 spiro atoms. The summed E-state index contributed by atoms with van der Waals surface area (Å²) in [5, 5.41) is 3.64. The average Bonchev–Trinajstić information content (AvgIpc) is 2.65. The van der Waals surface area contributed by atoms with Crippen LogP contribution >= 0.6 is 11.8 Å². The van der Waals surface area contributed by atoms with E-state index in [4.69, 9.17) is 0 Å². The second kappa shape index (κ2) is 8.37. The third-order valence-corrected chi connectivity index (χ3v) is 4.44. The number of nitrogens with zero attached hydrogens (tertiary/aromatic N) is 1. The van der Waals surface area contributed by atoms with Gasteiger partial charge in [0.25, 0.3) is 0 Å². The molecule has 1 saturated carbocycles. The maximum Gasteiger partial charge on any atom is 0.00955 e. The maximum absolute atomic E-state index is 3.64. The molecule has 0 aromatic carbocycles. The summed E-state index contributed by atoms with van der Waals surface area (Å²) in [5.74, 6) is 3.58. The molecule has 0 aliphatic heterocycles. The second-order valence-corrected chi connectivity index (χ2v) is 6.28. The smallest absolute Gasteiger partial charge is 0.00955 e. The Bertz CT molecular complexity index is 173. The molecule has 0 heterocycles. The van der Waals surface area contributed by atoms with Crippen LogP contribution in [0, 0.1) is 5.92 Å². The van der Waals surface area contributed by atoms with Crippen LogP contribution in [0.25, 0.3) is 0 Å². The Balaban J connectivity index is 2.03. The molecule has 3 heteroatoms. The standard InChI is InChI=1S/C13H28N2S/c1-4-14-13-7-5-6-12(13)8-10-16-11-9-15(2)3/h12-14H,4-11H2,1-3H3. The highest BCUT2D eigenvalue weighted by Gasteiger charge is 2.25. The van der Waals surface area contributed by atoms with E-state index >= 15 is 0 Å². The highest BCUT2D eigenvalue weighted by Crippen LogP contribution is 2.29. The molecule has 16 heavy (non-hydrogen) atoms. The molecule has 0 saturated heterocycles. The Kier molecular flexibility index (Phi) is 7.50. The van der Waals surface area contributed by atoms with Crippen molar-refractivity contribution in [2.75, 3.05) is 38.7 Å². The molecule has 0 radical (unpaired) electrons. The predicted molar refractivity (Wildman–Crippen MR) is 75.3 cm³/mol. The summed E-state index contributed by atoms with van der Waals surface area (Å²) in [6, 6.07) is 0.819. The van der Waals surface area contributed by atoms with Gasteiger partial charge in [-0.2, -0.15) is 11.8 Å². The molecule has 1 N–H and O–H groups in total. The molecule has 1 rings (SSSR count). The Hall–Kier alpha value is 0.270. The first kappa shape index (κ1) is 14.3. The van der Waals surface area contributed by atoms with Crippen LogP contribution in [-0.4, -0.2) is 49.6 Å². The second-order valence-electron chi connectivity index (χ2n) is 5.06. The normalized spacial score (nSPS) is 25.5. The first-order valence-corrected chi connectivity index (χ1v) is 7.85. The van der Waals surface area contributed by atoms with Crippen LogP contribution in [0.3, 0.4) is 0 Å². The summed E-state index contributed by atoms with van der Waals surface area (Å²) in [4.78, 5) is 2.27. The average molecular weight is 244 g/mol. The van der Waals surface area contributed by atoms with E-state index in [1.807, 2.05) is 0 Å². The molecule has 0 amide bonds. The maximum atomic E-state index is 3.64. The van der Waals surface area contributed by atoms with Crippen molar-refractivity contribution in [1.29, 1.82) is 0 Å². The van der Waals surface area contributed by atoms with Crippen molar-refractivity contribution in [2.45, 2.75) is 38.6 Å². The quantitative estimate of drug-likeness (QED) is 0.660. The fraction of sp³-hybridized carbons (Fsp3) is 1.00. The SMILES string of the molecule is CCNC1CCCC1CCSCCN(C)C. The summed E-state index contributed by atoms with van der Waals surface area (Å²) >= 11 is 2.12. The van der Waals surface area contributed by atoms with Crippen molar-refractivity contribution in [3.05, 3.63) is 0 Å². The molecule has 1 aliphatic carbocycles. The van der Waals surface area contributed by atoms with Crippen LogP contribution in [0.15, 0.2) is 0 Å². The van der Waals surface area contributed by atoms with Gasteiger partial charge in [-0.1, -0.05) is 13.3 Å². The van der Waals surface area contributed by atoms with E-state index in [9.17, 15) is 0 Å². The summed E-state index contributed by atoms with van der Waals surface area (Å²) in [6.07, 6.45) is 5.70. The Labute approximate surface area is 106 Å². The van der Waals surface area contributed by atoms with Gasteiger partial charge in [-0.05, 0) is 51.6 Å². The molecule has 96 valence electrons. The number of thioether (sulfide) groups is 1. The minimum Gasteiger partial charge on any atom is -0.314 e. The largest absolute Gasteiger partial charge is 0.314 e. The van der Waals surface area contributed by atoms with Crippen molar-refractivity contribution in [3.63, 3.8) is 0 Å². The molecular weight excluding hydrogens is 216 g/mol. The van der Waals surface area contributed by atoms with Crippen molar-refractivity contribution >= 4 is 11.8 Å². The zero-order chi connectivity index (χ0) is 11.8. The molecule has 0 aromatic heterocycles. The van der Waals surface area contributed by atoms with E-state index in [1.54, 1.807) is 0 Å². The van der Waals surface area contributed by atoms with Crippen LogP contribution in [-0.2, 0) is 0 Å². The number of nitrogens with one attached hydrogen (secondary N) is 1. The van der Waals surface area contributed by atoms with Crippen LogP contribution in [0.1, 0.15) is 32.6 Å². The molecule has 1 aliphatic rings. The molecule has 2 unspecified atom stereocenters. The van der Waals surface area contributed by atoms with Gasteiger partial charge in [0.2, 0.25) is 0 Å². The molecule has 1 fully saturated rings. The van der Waals surface area contributed by atoms with Gasteiger partial charge in [-0.3, -0.25) is 0 Å². The minimum atomic E-state index is 0.819. The number of hydrogen-bond donors (Lipinski definition) is 1. The van der Waals surface area contributed by atoms with Crippen molar-refractivity contribution in [1.82, 2.24) is 10.2 Å². The highest BCUT2D eigenvalue weighted by molar-refractivity contribution is 7.99. The number of hydrogen-bond acceptors (Lipinski definition) is 3. The zero-order valence-corrected chi connectivity index (χ0v) is 12.0. The molecule has 0 aromatic rings. The fourth-order valence-corrected chi connectivity index (χ4v) is 3.66. The van der Waals surface area contributed by atoms with Gasteiger partial charge in [0.15, 0.2) is 0 Å². The van der Waals surface area contributed by atoms with Crippen molar-refractivity contribution in [3.8, 4) is 0 Å². The third kappa shape index (κ3) is 5.55.